The minimum Gasteiger partial charge on any atom is -0.367 e. The lowest BCUT2D eigenvalue weighted by molar-refractivity contribution is 0.637. The van der Waals surface area contributed by atoms with Crippen LogP contribution in [0.3, 0.4) is 0 Å². The molecule has 0 saturated heterocycles. The zero-order valence-electron chi connectivity index (χ0n) is 25.1. The number of anilines is 2. The molecule has 2 nitrogen and oxygen atoms in total. The summed E-state index contributed by atoms with van der Waals surface area (Å²) in [7, 11) is 0. The average Bonchev–Trinajstić information content (AvgIpc) is 3.53. The second-order valence-electron chi connectivity index (χ2n) is 11.8. The molecule has 0 radical (unpaired) electrons. The molecule has 0 aliphatic carbocycles. The molecule has 1 unspecified atom stereocenters. The van der Waals surface area contributed by atoms with Crippen molar-refractivity contribution in [3.05, 3.63) is 174 Å². The normalized spacial score (nSPS) is 14.0. The van der Waals surface area contributed by atoms with Crippen molar-refractivity contribution in [1.82, 2.24) is 5.32 Å². The zero-order chi connectivity index (χ0) is 30.5. The SMILES string of the molecule is C1=Cc2c(sc3ccc4ccccc4c23)C(N(c2ccc(-c3ccccc3)cc2)c2ccc(-c3ccc4ccccc4c3)cc2)N1. The van der Waals surface area contributed by atoms with Crippen molar-refractivity contribution in [2.75, 3.05) is 4.90 Å². The number of benzene rings is 7. The van der Waals surface area contributed by atoms with Crippen LogP contribution >= 0.6 is 11.3 Å². The van der Waals surface area contributed by atoms with E-state index in [0.717, 1.165) is 11.4 Å². The van der Waals surface area contributed by atoms with Gasteiger partial charge in [-0.15, -0.1) is 11.3 Å². The summed E-state index contributed by atoms with van der Waals surface area (Å²) in [6.07, 6.45) is 4.30. The molecule has 3 heteroatoms. The Kier molecular flexibility index (Phi) is 6.43. The Bertz CT molecular complexity index is 2390. The van der Waals surface area contributed by atoms with Crippen LogP contribution in [-0.4, -0.2) is 0 Å². The van der Waals surface area contributed by atoms with E-state index >= 15 is 0 Å². The fourth-order valence-electron chi connectivity index (χ4n) is 6.85. The molecule has 1 aliphatic rings. The summed E-state index contributed by atoms with van der Waals surface area (Å²) in [6, 6.07) is 57.1. The van der Waals surface area contributed by atoms with Gasteiger partial charge in [-0.1, -0.05) is 121 Å². The lowest BCUT2D eigenvalue weighted by Crippen LogP contribution is -2.34. The minimum absolute atomic E-state index is 0.0646. The van der Waals surface area contributed by atoms with Gasteiger partial charge in [-0.3, -0.25) is 0 Å². The molecule has 1 atom stereocenters. The van der Waals surface area contributed by atoms with E-state index in [1.54, 1.807) is 0 Å². The van der Waals surface area contributed by atoms with E-state index in [1.807, 2.05) is 11.3 Å². The van der Waals surface area contributed by atoms with Gasteiger partial charge in [0.25, 0.3) is 0 Å². The molecule has 0 bridgehead atoms. The van der Waals surface area contributed by atoms with Crippen LogP contribution in [0.5, 0.6) is 0 Å². The first-order valence-electron chi connectivity index (χ1n) is 15.7. The standard InChI is InChI=1S/C43H30N2S/c1-2-8-29(9-3-1)31-16-21-36(22-17-31)45(37-23-18-32(19-24-37)35-15-14-30-10-4-5-12-34(30)28-35)43-42-39(26-27-44-43)41-38-13-7-6-11-33(38)20-25-40(41)46-42/h1-28,43-44H. The molecule has 1 N–H and O–H groups in total. The van der Waals surface area contributed by atoms with Crippen molar-refractivity contribution in [2.24, 2.45) is 0 Å². The van der Waals surface area contributed by atoms with Crippen molar-refractivity contribution >= 4 is 60.4 Å². The van der Waals surface area contributed by atoms with Crippen molar-refractivity contribution in [2.45, 2.75) is 6.17 Å². The summed E-state index contributed by atoms with van der Waals surface area (Å²) in [5, 5.41) is 10.2. The molecule has 0 fully saturated rings. The Morgan fingerprint density at radius 1 is 0.500 bits per heavy atom. The first-order valence-corrected chi connectivity index (χ1v) is 16.5. The third kappa shape index (κ3) is 4.56. The van der Waals surface area contributed by atoms with Crippen LogP contribution in [0.4, 0.5) is 11.4 Å². The molecular formula is C43H30N2S. The minimum atomic E-state index is -0.0646. The third-order valence-corrected chi connectivity index (χ3v) is 10.4. The van der Waals surface area contributed by atoms with E-state index in [4.69, 9.17) is 0 Å². The number of hydrogen-bond acceptors (Lipinski definition) is 3. The lowest BCUT2D eigenvalue weighted by atomic mass is 9.99. The third-order valence-electron chi connectivity index (χ3n) is 9.14. The molecular weight excluding hydrogens is 577 g/mol. The van der Waals surface area contributed by atoms with E-state index < -0.39 is 0 Å². The van der Waals surface area contributed by atoms with Gasteiger partial charge in [-0.2, -0.15) is 0 Å². The predicted molar refractivity (Wildman–Crippen MR) is 198 cm³/mol. The van der Waals surface area contributed by atoms with Gasteiger partial charge >= 0.3 is 0 Å². The molecule has 0 saturated carbocycles. The van der Waals surface area contributed by atoms with Crippen LogP contribution in [0.15, 0.2) is 164 Å². The van der Waals surface area contributed by atoms with Crippen LogP contribution < -0.4 is 10.2 Å². The average molecular weight is 607 g/mol. The number of nitrogens with one attached hydrogen (secondary N) is 1. The zero-order valence-corrected chi connectivity index (χ0v) is 25.9. The van der Waals surface area contributed by atoms with E-state index in [2.05, 4.69) is 180 Å². The molecule has 1 aromatic heterocycles. The highest BCUT2D eigenvalue weighted by Crippen LogP contribution is 2.46. The Labute approximate surface area is 272 Å². The van der Waals surface area contributed by atoms with Gasteiger partial charge in [0, 0.05) is 27.0 Å². The topological polar surface area (TPSA) is 15.3 Å². The van der Waals surface area contributed by atoms with Crippen molar-refractivity contribution < 1.29 is 0 Å². The highest BCUT2D eigenvalue weighted by molar-refractivity contribution is 7.19. The molecule has 8 aromatic rings. The van der Waals surface area contributed by atoms with E-state index in [1.165, 1.54) is 64.3 Å². The largest absolute Gasteiger partial charge is 0.367 e. The van der Waals surface area contributed by atoms with Crippen LogP contribution in [-0.2, 0) is 0 Å². The molecule has 7 aromatic carbocycles. The van der Waals surface area contributed by atoms with E-state index in [-0.39, 0.29) is 6.17 Å². The first kappa shape index (κ1) is 26.7. The maximum atomic E-state index is 3.75. The van der Waals surface area contributed by atoms with Crippen molar-refractivity contribution in [1.29, 1.82) is 0 Å². The fraction of sp³-hybridized carbons (Fsp3) is 0.0233. The first-order chi connectivity index (χ1) is 22.8. The molecule has 2 heterocycles. The summed E-state index contributed by atoms with van der Waals surface area (Å²) in [5.74, 6) is 0. The van der Waals surface area contributed by atoms with Gasteiger partial charge in [-0.05, 0) is 92.5 Å². The van der Waals surface area contributed by atoms with Crippen LogP contribution in [0, 0.1) is 0 Å². The van der Waals surface area contributed by atoms with Gasteiger partial charge in [-0.25, -0.2) is 0 Å². The monoisotopic (exact) mass is 606 g/mol. The second kappa shape index (κ2) is 11.1. The van der Waals surface area contributed by atoms with Gasteiger partial charge < -0.3 is 10.2 Å². The number of nitrogens with zero attached hydrogens (tertiary/aromatic N) is 1. The number of hydrogen-bond donors (Lipinski definition) is 1. The Balaban J connectivity index is 1.17. The maximum Gasteiger partial charge on any atom is 0.140 e. The van der Waals surface area contributed by atoms with Gasteiger partial charge in [0.15, 0.2) is 0 Å². The van der Waals surface area contributed by atoms with Gasteiger partial charge in [0.1, 0.15) is 6.17 Å². The van der Waals surface area contributed by atoms with E-state index in [9.17, 15) is 0 Å². The van der Waals surface area contributed by atoms with Gasteiger partial charge in [0.2, 0.25) is 0 Å². The molecule has 0 amide bonds. The fourth-order valence-corrected chi connectivity index (χ4v) is 8.11. The highest BCUT2D eigenvalue weighted by atomic mass is 32.1. The van der Waals surface area contributed by atoms with Crippen LogP contribution in [0.2, 0.25) is 0 Å². The summed E-state index contributed by atoms with van der Waals surface area (Å²) in [5.41, 5.74) is 8.44. The lowest BCUT2D eigenvalue weighted by Gasteiger charge is -2.35. The van der Waals surface area contributed by atoms with Crippen molar-refractivity contribution in [3.8, 4) is 22.3 Å². The predicted octanol–water partition coefficient (Wildman–Crippen LogP) is 12.0. The summed E-state index contributed by atoms with van der Waals surface area (Å²) in [6.45, 7) is 0. The number of fused-ring (bicyclic) bond motifs is 6. The molecule has 0 spiro atoms. The van der Waals surface area contributed by atoms with Crippen LogP contribution in [0.1, 0.15) is 16.6 Å². The molecule has 9 rings (SSSR count). The smallest absolute Gasteiger partial charge is 0.140 e. The Morgan fingerprint density at radius 3 is 1.85 bits per heavy atom. The van der Waals surface area contributed by atoms with Crippen LogP contribution in [0.25, 0.3) is 60.0 Å². The summed E-state index contributed by atoms with van der Waals surface area (Å²) < 4.78 is 1.31. The molecule has 46 heavy (non-hydrogen) atoms. The Morgan fingerprint density at radius 2 is 1.09 bits per heavy atom. The number of thiophene rings is 1. The highest BCUT2D eigenvalue weighted by Gasteiger charge is 2.29. The van der Waals surface area contributed by atoms with Crippen molar-refractivity contribution in [3.63, 3.8) is 0 Å². The summed E-state index contributed by atoms with van der Waals surface area (Å²) in [4.78, 5) is 3.76. The summed E-state index contributed by atoms with van der Waals surface area (Å²) >= 11 is 1.89. The van der Waals surface area contributed by atoms with Gasteiger partial charge in [0.05, 0.1) is 4.88 Å². The molecule has 1 aliphatic heterocycles. The maximum absolute atomic E-state index is 3.75. The molecule has 218 valence electrons. The number of rotatable bonds is 5. The Hall–Kier alpha value is -5.64. The van der Waals surface area contributed by atoms with E-state index in [0.29, 0.717) is 0 Å². The quantitative estimate of drug-likeness (QED) is 0.210. The second-order valence-corrected chi connectivity index (χ2v) is 12.9.